The fourth-order valence-corrected chi connectivity index (χ4v) is 0.922. The first kappa shape index (κ1) is 8.21. The van der Waals surface area contributed by atoms with Gasteiger partial charge in [-0.15, -0.1) is 0 Å². The minimum Gasteiger partial charge on any atom is -0.393 e. The molecular weight excluding hydrogens is 138 g/mol. The van der Waals surface area contributed by atoms with Gasteiger partial charge in [-0.05, 0) is 25.5 Å². The summed E-state index contributed by atoms with van der Waals surface area (Å²) in [5.74, 6) is 0. The molecule has 1 rings (SSSR count). The molecule has 0 aliphatic rings. The van der Waals surface area contributed by atoms with E-state index in [0.29, 0.717) is 6.42 Å². The van der Waals surface area contributed by atoms with E-state index in [4.69, 9.17) is 5.11 Å². The third kappa shape index (κ3) is 2.68. The molecule has 1 atom stereocenters. The van der Waals surface area contributed by atoms with Gasteiger partial charge < -0.3 is 5.11 Å². The molecule has 0 spiro atoms. The van der Waals surface area contributed by atoms with Gasteiger partial charge in [0.15, 0.2) is 0 Å². The van der Waals surface area contributed by atoms with Gasteiger partial charge in [-0.25, -0.2) is 0 Å². The van der Waals surface area contributed by atoms with Crippen molar-refractivity contribution in [3.05, 3.63) is 29.6 Å². The first-order chi connectivity index (χ1) is 5.18. The Bertz CT molecular complexity index is 216. The highest BCUT2D eigenvalue weighted by molar-refractivity contribution is 5.12. The second-order valence-electron chi connectivity index (χ2n) is 2.88. The minimum absolute atomic E-state index is 0.301. The third-order valence-corrected chi connectivity index (χ3v) is 1.48. The fourth-order valence-electron chi connectivity index (χ4n) is 0.922. The molecule has 2 nitrogen and oxygen atoms in total. The Morgan fingerprint density at radius 1 is 1.55 bits per heavy atom. The van der Waals surface area contributed by atoms with Gasteiger partial charge in [0, 0.05) is 18.3 Å². The molecule has 1 aromatic rings. The predicted octanol–water partition coefficient (Wildman–Crippen LogP) is 1.31. The second-order valence-corrected chi connectivity index (χ2v) is 2.88. The molecular formula is C9H13NO. The van der Waals surface area contributed by atoms with Crippen LogP contribution in [-0.2, 0) is 6.42 Å². The SMILES string of the molecule is Cc1ccc(C[C@H](C)O)nc1. The van der Waals surface area contributed by atoms with Crippen molar-refractivity contribution in [1.82, 2.24) is 4.98 Å². The van der Waals surface area contributed by atoms with Crippen LogP contribution in [0.3, 0.4) is 0 Å². The van der Waals surface area contributed by atoms with E-state index in [0.717, 1.165) is 11.3 Å². The molecule has 2 heteroatoms. The average Bonchev–Trinajstić information content (AvgIpc) is 1.93. The molecule has 1 N–H and O–H groups in total. The van der Waals surface area contributed by atoms with E-state index in [1.54, 1.807) is 6.92 Å². The summed E-state index contributed by atoms with van der Waals surface area (Å²) in [5, 5.41) is 9.04. The quantitative estimate of drug-likeness (QED) is 0.691. The Morgan fingerprint density at radius 2 is 2.27 bits per heavy atom. The molecule has 0 aromatic carbocycles. The molecule has 0 saturated carbocycles. The van der Waals surface area contributed by atoms with Crippen LogP contribution in [0.25, 0.3) is 0 Å². The Kier molecular flexibility index (Phi) is 2.60. The summed E-state index contributed by atoms with van der Waals surface area (Å²) >= 11 is 0. The van der Waals surface area contributed by atoms with Crippen LogP contribution >= 0.6 is 0 Å². The average molecular weight is 151 g/mol. The number of rotatable bonds is 2. The zero-order chi connectivity index (χ0) is 8.27. The van der Waals surface area contributed by atoms with E-state index < -0.39 is 0 Å². The summed E-state index contributed by atoms with van der Waals surface area (Å²) in [6.07, 6.45) is 2.16. The minimum atomic E-state index is -0.301. The van der Waals surface area contributed by atoms with Crippen LogP contribution in [0.2, 0.25) is 0 Å². The monoisotopic (exact) mass is 151 g/mol. The van der Waals surface area contributed by atoms with Crippen molar-refractivity contribution in [2.45, 2.75) is 26.4 Å². The molecule has 0 bridgehead atoms. The standard InChI is InChI=1S/C9H13NO/c1-7-3-4-9(10-6-7)5-8(2)11/h3-4,6,8,11H,5H2,1-2H3/t8-/m0/s1. The van der Waals surface area contributed by atoms with Crippen molar-refractivity contribution < 1.29 is 5.11 Å². The summed E-state index contributed by atoms with van der Waals surface area (Å²) in [6.45, 7) is 3.76. The molecule has 0 aliphatic heterocycles. The van der Waals surface area contributed by atoms with Gasteiger partial charge in [-0.1, -0.05) is 6.07 Å². The van der Waals surface area contributed by atoms with E-state index in [1.807, 2.05) is 25.3 Å². The normalized spacial score (nSPS) is 13.0. The first-order valence-electron chi connectivity index (χ1n) is 3.78. The fraction of sp³-hybridized carbons (Fsp3) is 0.444. The molecule has 0 saturated heterocycles. The number of hydrogen-bond donors (Lipinski definition) is 1. The van der Waals surface area contributed by atoms with Gasteiger partial charge in [0.2, 0.25) is 0 Å². The maximum atomic E-state index is 9.04. The van der Waals surface area contributed by atoms with Gasteiger partial charge >= 0.3 is 0 Å². The molecule has 1 aromatic heterocycles. The number of aryl methyl sites for hydroxylation is 1. The van der Waals surface area contributed by atoms with Crippen molar-refractivity contribution >= 4 is 0 Å². The number of aromatic nitrogens is 1. The highest BCUT2D eigenvalue weighted by Gasteiger charge is 1.98. The largest absolute Gasteiger partial charge is 0.393 e. The Hall–Kier alpha value is -0.890. The topological polar surface area (TPSA) is 33.1 Å². The smallest absolute Gasteiger partial charge is 0.0567 e. The molecule has 0 radical (unpaired) electrons. The van der Waals surface area contributed by atoms with E-state index in [2.05, 4.69) is 4.98 Å². The van der Waals surface area contributed by atoms with Gasteiger partial charge in [0.05, 0.1) is 6.10 Å². The van der Waals surface area contributed by atoms with E-state index >= 15 is 0 Å². The lowest BCUT2D eigenvalue weighted by atomic mass is 10.2. The predicted molar refractivity (Wildman–Crippen MR) is 44.4 cm³/mol. The zero-order valence-electron chi connectivity index (χ0n) is 6.91. The number of hydrogen-bond acceptors (Lipinski definition) is 2. The van der Waals surface area contributed by atoms with Crippen molar-refractivity contribution in [3.8, 4) is 0 Å². The van der Waals surface area contributed by atoms with E-state index in [9.17, 15) is 0 Å². The summed E-state index contributed by atoms with van der Waals surface area (Å²) in [7, 11) is 0. The number of aliphatic hydroxyl groups is 1. The van der Waals surface area contributed by atoms with Gasteiger partial charge in [-0.3, -0.25) is 4.98 Å². The Labute approximate surface area is 66.9 Å². The Balaban J connectivity index is 2.66. The second kappa shape index (κ2) is 3.49. The molecule has 0 amide bonds. The van der Waals surface area contributed by atoms with Gasteiger partial charge in [-0.2, -0.15) is 0 Å². The van der Waals surface area contributed by atoms with Crippen LogP contribution in [-0.4, -0.2) is 16.2 Å². The molecule has 1 heterocycles. The van der Waals surface area contributed by atoms with Gasteiger partial charge in [0.1, 0.15) is 0 Å². The van der Waals surface area contributed by atoms with E-state index in [1.165, 1.54) is 0 Å². The number of nitrogens with zero attached hydrogens (tertiary/aromatic N) is 1. The number of aliphatic hydroxyl groups excluding tert-OH is 1. The maximum Gasteiger partial charge on any atom is 0.0567 e. The summed E-state index contributed by atoms with van der Waals surface area (Å²) in [4.78, 5) is 4.16. The Morgan fingerprint density at radius 3 is 2.73 bits per heavy atom. The summed E-state index contributed by atoms with van der Waals surface area (Å²) < 4.78 is 0. The van der Waals surface area contributed by atoms with E-state index in [-0.39, 0.29) is 6.10 Å². The first-order valence-corrected chi connectivity index (χ1v) is 3.78. The number of pyridine rings is 1. The van der Waals surface area contributed by atoms with Crippen LogP contribution in [0.1, 0.15) is 18.2 Å². The highest BCUT2D eigenvalue weighted by Crippen LogP contribution is 2.01. The van der Waals surface area contributed by atoms with Crippen LogP contribution in [0, 0.1) is 6.92 Å². The molecule has 0 aliphatic carbocycles. The lowest BCUT2D eigenvalue weighted by Crippen LogP contribution is -2.05. The van der Waals surface area contributed by atoms with Crippen LogP contribution in [0.4, 0.5) is 0 Å². The molecule has 0 fully saturated rings. The van der Waals surface area contributed by atoms with Gasteiger partial charge in [0.25, 0.3) is 0 Å². The van der Waals surface area contributed by atoms with Crippen molar-refractivity contribution in [3.63, 3.8) is 0 Å². The molecule has 11 heavy (non-hydrogen) atoms. The van der Waals surface area contributed by atoms with Crippen LogP contribution in [0.15, 0.2) is 18.3 Å². The van der Waals surface area contributed by atoms with Crippen LogP contribution in [0.5, 0.6) is 0 Å². The lowest BCUT2D eigenvalue weighted by Gasteiger charge is -2.02. The third-order valence-electron chi connectivity index (χ3n) is 1.48. The summed E-state index contributed by atoms with van der Waals surface area (Å²) in [6, 6.07) is 3.95. The maximum absolute atomic E-state index is 9.04. The molecule has 60 valence electrons. The zero-order valence-corrected chi connectivity index (χ0v) is 6.91. The summed E-state index contributed by atoms with van der Waals surface area (Å²) in [5.41, 5.74) is 2.10. The van der Waals surface area contributed by atoms with Crippen molar-refractivity contribution in [2.75, 3.05) is 0 Å². The van der Waals surface area contributed by atoms with Crippen molar-refractivity contribution in [1.29, 1.82) is 0 Å². The lowest BCUT2D eigenvalue weighted by molar-refractivity contribution is 0.194. The highest BCUT2D eigenvalue weighted by atomic mass is 16.3. The van der Waals surface area contributed by atoms with Crippen LogP contribution < -0.4 is 0 Å². The molecule has 0 unspecified atom stereocenters. The van der Waals surface area contributed by atoms with Crippen molar-refractivity contribution in [2.24, 2.45) is 0 Å².